The Hall–Kier alpha value is -3.65. The number of pyridine rings is 3. The highest BCUT2D eigenvalue weighted by molar-refractivity contribution is 5.97. The molecule has 0 bridgehead atoms. The molecular formula is C22H20F5N5O4. The average molecular weight is 513 g/mol. The van der Waals surface area contributed by atoms with Crippen molar-refractivity contribution in [2.45, 2.75) is 37.8 Å². The minimum absolute atomic E-state index is 0.00338. The number of aliphatic hydroxyl groups excluding tert-OH is 2. The van der Waals surface area contributed by atoms with E-state index in [0.29, 0.717) is 12.3 Å². The van der Waals surface area contributed by atoms with E-state index < -0.39 is 65.2 Å². The van der Waals surface area contributed by atoms with E-state index in [9.17, 15) is 41.8 Å². The smallest absolute Gasteiger partial charge is 0.389 e. The number of carbonyl (C=O) groups excluding carboxylic acids is 1. The lowest BCUT2D eigenvalue weighted by Crippen LogP contribution is -2.46. The summed E-state index contributed by atoms with van der Waals surface area (Å²) in [6, 6.07) is 0.842. The monoisotopic (exact) mass is 513 g/mol. The first-order valence-electron chi connectivity index (χ1n) is 10.8. The van der Waals surface area contributed by atoms with E-state index in [1.807, 2.05) is 0 Å². The Morgan fingerprint density at radius 2 is 1.89 bits per heavy atom. The fraction of sp³-hybridized carbons (Fsp3) is 0.364. The second-order valence-corrected chi connectivity index (χ2v) is 8.26. The normalized spacial score (nSPS) is 19.1. The van der Waals surface area contributed by atoms with Gasteiger partial charge in [0.1, 0.15) is 23.2 Å². The lowest BCUT2D eigenvalue weighted by atomic mass is 10.1. The van der Waals surface area contributed by atoms with Crippen LogP contribution >= 0.6 is 0 Å². The summed E-state index contributed by atoms with van der Waals surface area (Å²) in [7, 11) is 0. The Kier molecular flexibility index (Phi) is 6.66. The number of hydrogen-bond acceptors (Lipinski definition) is 7. The van der Waals surface area contributed by atoms with Crippen molar-refractivity contribution in [3.8, 4) is 5.82 Å². The van der Waals surface area contributed by atoms with E-state index in [2.05, 4.69) is 9.97 Å². The van der Waals surface area contributed by atoms with Gasteiger partial charge in [-0.05, 0) is 18.6 Å². The second kappa shape index (κ2) is 9.43. The highest BCUT2D eigenvalue weighted by Crippen LogP contribution is 2.25. The van der Waals surface area contributed by atoms with Crippen LogP contribution in [-0.2, 0) is 0 Å². The van der Waals surface area contributed by atoms with Gasteiger partial charge in [-0.15, -0.1) is 0 Å². The minimum atomic E-state index is -4.77. The Balaban J connectivity index is 1.90. The lowest BCUT2D eigenvalue weighted by Gasteiger charge is -2.21. The van der Waals surface area contributed by atoms with Gasteiger partial charge in [-0.3, -0.25) is 14.2 Å². The number of alkyl halides is 3. The van der Waals surface area contributed by atoms with Crippen LogP contribution in [0.15, 0.2) is 35.4 Å². The van der Waals surface area contributed by atoms with Crippen LogP contribution in [0.4, 0.5) is 27.8 Å². The van der Waals surface area contributed by atoms with Crippen LogP contribution in [-0.4, -0.2) is 68.2 Å². The van der Waals surface area contributed by atoms with Crippen LogP contribution in [0.25, 0.3) is 16.9 Å². The number of hydrogen-bond donors (Lipinski definition) is 3. The molecule has 0 spiro atoms. The molecule has 1 amide bonds. The van der Waals surface area contributed by atoms with Crippen molar-refractivity contribution in [3.63, 3.8) is 0 Å². The van der Waals surface area contributed by atoms with Crippen LogP contribution in [0.2, 0.25) is 0 Å². The van der Waals surface area contributed by atoms with Gasteiger partial charge in [0.2, 0.25) is 5.43 Å². The number of rotatable bonds is 5. The number of halogens is 5. The number of nitrogens with zero attached hydrogens (tertiary/aromatic N) is 4. The first-order chi connectivity index (χ1) is 16.9. The fourth-order valence-corrected chi connectivity index (χ4v) is 3.89. The van der Waals surface area contributed by atoms with Crippen LogP contribution < -0.4 is 15.6 Å². The molecule has 1 saturated heterocycles. The molecular weight excluding hydrogens is 493 g/mol. The van der Waals surface area contributed by atoms with Crippen LogP contribution in [0.5, 0.6) is 0 Å². The zero-order valence-electron chi connectivity index (χ0n) is 18.6. The molecule has 192 valence electrons. The molecule has 0 aliphatic carbocycles. The Labute approximate surface area is 199 Å². The van der Waals surface area contributed by atoms with Gasteiger partial charge < -0.3 is 20.4 Å². The van der Waals surface area contributed by atoms with Gasteiger partial charge in [0.15, 0.2) is 17.3 Å². The Morgan fingerprint density at radius 3 is 2.47 bits per heavy atom. The molecule has 4 heterocycles. The third-order valence-corrected chi connectivity index (χ3v) is 5.79. The zero-order chi connectivity index (χ0) is 26.4. The molecule has 36 heavy (non-hydrogen) atoms. The van der Waals surface area contributed by atoms with Crippen LogP contribution in [0.3, 0.4) is 0 Å². The SMILES string of the molecule is CC[C@@H](NC(=O)c1cn(-c2ncc(F)cc2F)c2nc(N3C[C@@H](O)[C@H](O)C3)ccc2c1=O)C(F)(F)F. The molecule has 1 aliphatic rings. The minimum Gasteiger partial charge on any atom is -0.389 e. The van der Waals surface area contributed by atoms with Crippen molar-refractivity contribution >= 4 is 22.8 Å². The summed E-state index contributed by atoms with van der Waals surface area (Å²) < 4.78 is 68.6. The van der Waals surface area contributed by atoms with Crippen LogP contribution in [0.1, 0.15) is 23.7 Å². The molecule has 0 saturated carbocycles. The molecule has 14 heteroatoms. The summed E-state index contributed by atoms with van der Waals surface area (Å²) in [4.78, 5) is 35.3. The maximum absolute atomic E-state index is 14.7. The summed E-state index contributed by atoms with van der Waals surface area (Å²) >= 11 is 0. The number of anilines is 1. The lowest BCUT2D eigenvalue weighted by molar-refractivity contribution is -0.153. The van der Waals surface area contributed by atoms with Gasteiger partial charge in [0.05, 0.1) is 23.8 Å². The van der Waals surface area contributed by atoms with Crippen LogP contribution in [0, 0.1) is 11.6 Å². The predicted octanol–water partition coefficient (Wildman–Crippen LogP) is 1.67. The maximum atomic E-state index is 14.7. The summed E-state index contributed by atoms with van der Waals surface area (Å²) in [6.07, 6.45) is -5.93. The van der Waals surface area contributed by atoms with E-state index in [1.54, 1.807) is 5.32 Å². The van der Waals surface area contributed by atoms with E-state index in [-0.39, 0.29) is 29.9 Å². The molecule has 3 aromatic heterocycles. The van der Waals surface area contributed by atoms with Crippen molar-refractivity contribution in [1.82, 2.24) is 19.9 Å². The zero-order valence-corrected chi connectivity index (χ0v) is 18.6. The Bertz CT molecular complexity index is 1370. The molecule has 0 aromatic carbocycles. The first-order valence-corrected chi connectivity index (χ1v) is 10.8. The molecule has 1 aliphatic heterocycles. The van der Waals surface area contributed by atoms with Crippen molar-refractivity contribution in [2.24, 2.45) is 0 Å². The van der Waals surface area contributed by atoms with E-state index in [1.165, 1.54) is 24.0 Å². The number of amides is 1. The molecule has 3 aromatic rings. The third kappa shape index (κ3) is 4.73. The van der Waals surface area contributed by atoms with E-state index in [0.717, 1.165) is 10.8 Å². The number of nitrogens with one attached hydrogen (secondary N) is 1. The highest BCUT2D eigenvalue weighted by atomic mass is 19.4. The third-order valence-electron chi connectivity index (χ3n) is 5.79. The number of carbonyl (C=O) groups is 1. The molecule has 0 unspecified atom stereocenters. The van der Waals surface area contributed by atoms with Gasteiger partial charge in [-0.2, -0.15) is 13.2 Å². The van der Waals surface area contributed by atoms with Gasteiger partial charge in [0, 0.05) is 25.4 Å². The maximum Gasteiger partial charge on any atom is 0.408 e. The van der Waals surface area contributed by atoms with E-state index >= 15 is 0 Å². The molecule has 9 nitrogen and oxygen atoms in total. The van der Waals surface area contributed by atoms with Gasteiger partial charge in [0.25, 0.3) is 5.91 Å². The number of fused-ring (bicyclic) bond motifs is 1. The summed E-state index contributed by atoms with van der Waals surface area (Å²) in [5.74, 6) is -3.94. The summed E-state index contributed by atoms with van der Waals surface area (Å²) in [6.45, 7) is 1.21. The Morgan fingerprint density at radius 1 is 1.22 bits per heavy atom. The quantitative estimate of drug-likeness (QED) is 0.444. The highest BCUT2D eigenvalue weighted by Gasteiger charge is 2.40. The molecule has 3 N–H and O–H groups in total. The van der Waals surface area contributed by atoms with Gasteiger partial charge in [-0.1, -0.05) is 6.92 Å². The number of aliphatic hydroxyl groups is 2. The molecule has 4 rings (SSSR count). The van der Waals surface area contributed by atoms with Crippen molar-refractivity contribution < 1.29 is 37.0 Å². The molecule has 0 radical (unpaired) electrons. The van der Waals surface area contributed by atoms with Crippen molar-refractivity contribution in [3.05, 3.63) is 58.0 Å². The first kappa shape index (κ1) is 25.4. The topological polar surface area (TPSA) is 121 Å². The standard InChI is InChI=1S/C22H20F5N5O4/c1-2-16(22(25,26)27)29-21(36)12-7-32(20-13(24)5-10(23)6-28-20)19-11(18(12)35)3-4-17(30-19)31-8-14(33)15(34)9-31/h3-7,14-16,33-34H,2,8-9H2,1H3,(H,29,36)/t14-,15-,16-/m1/s1. The molecule has 3 atom stereocenters. The summed E-state index contributed by atoms with van der Waals surface area (Å²) in [5.41, 5.74) is -1.94. The predicted molar refractivity (Wildman–Crippen MR) is 117 cm³/mol. The average Bonchev–Trinajstić information content (AvgIpc) is 3.15. The van der Waals surface area contributed by atoms with Crippen molar-refractivity contribution in [2.75, 3.05) is 18.0 Å². The van der Waals surface area contributed by atoms with Gasteiger partial charge >= 0.3 is 6.18 Å². The van der Waals surface area contributed by atoms with Gasteiger partial charge in [-0.25, -0.2) is 18.7 Å². The molecule has 1 fully saturated rings. The number of β-amino-alcohol motifs (C(OH)–C–C–N with tert-alkyl or cyclic N) is 2. The van der Waals surface area contributed by atoms with Crippen molar-refractivity contribution in [1.29, 1.82) is 0 Å². The van der Waals surface area contributed by atoms with E-state index in [4.69, 9.17) is 0 Å². The summed E-state index contributed by atoms with van der Waals surface area (Å²) in [5, 5.41) is 21.2. The number of aromatic nitrogens is 3. The largest absolute Gasteiger partial charge is 0.408 e. The fourth-order valence-electron chi connectivity index (χ4n) is 3.89. The second-order valence-electron chi connectivity index (χ2n) is 8.26.